The van der Waals surface area contributed by atoms with Crippen LogP contribution in [0.15, 0.2) is 46.2 Å². The number of nitrogens with one attached hydrogen (secondary N) is 1. The Labute approximate surface area is 188 Å². The zero-order chi connectivity index (χ0) is 21.7. The van der Waals surface area contributed by atoms with Crippen LogP contribution >= 0.6 is 27.7 Å². The summed E-state index contributed by atoms with van der Waals surface area (Å²) in [6.45, 7) is 8.78. The molecule has 2 aromatic heterocycles. The zero-order valence-corrected chi connectivity index (χ0v) is 19.7. The van der Waals surface area contributed by atoms with Gasteiger partial charge >= 0.3 is 0 Å². The molecule has 0 aliphatic rings. The molecule has 1 aromatic carbocycles. The monoisotopic (exact) mass is 489 g/mol. The molecule has 0 fully saturated rings. The third-order valence-electron chi connectivity index (χ3n) is 4.54. The quantitative estimate of drug-likeness (QED) is 0.451. The highest BCUT2D eigenvalue weighted by Crippen LogP contribution is 2.26. The van der Waals surface area contributed by atoms with Crippen LogP contribution in [0.1, 0.15) is 36.9 Å². The van der Waals surface area contributed by atoms with Gasteiger partial charge < -0.3 is 14.6 Å². The van der Waals surface area contributed by atoms with Gasteiger partial charge in [-0.15, -0.1) is 10.2 Å². The molecule has 2 heterocycles. The van der Waals surface area contributed by atoms with Crippen LogP contribution in [0.25, 0.3) is 0 Å². The maximum atomic E-state index is 12.2. The number of benzene rings is 1. The number of anilines is 1. The summed E-state index contributed by atoms with van der Waals surface area (Å²) in [6, 6.07) is 9.59. The molecule has 0 aliphatic heterocycles. The zero-order valence-electron chi connectivity index (χ0n) is 17.3. The van der Waals surface area contributed by atoms with Crippen molar-refractivity contribution in [2.24, 2.45) is 0 Å². The fourth-order valence-electron chi connectivity index (χ4n) is 2.81. The van der Waals surface area contributed by atoms with Gasteiger partial charge in [0.25, 0.3) is 0 Å². The Morgan fingerprint density at radius 2 is 2.03 bits per heavy atom. The van der Waals surface area contributed by atoms with Crippen molar-refractivity contribution in [3.8, 4) is 5.75 Å². The number of halogens is 1. The van der Waals surface area contributed by atoms with Gasteiger partial charge in [-0.3, -0.25) is 4.79 Å². The first-order chi connectivity index (χ1) is 14.4. The van der Waals surface area contributed by atoms with Gasteiger partial charge in [0.05, 0.1) is 5.75 Å². The van der Waals surface area contributed by atoms with Crippen LogP contribution in [0, 0.1) is 13.8 Å². The second-order valence-corrected chi connectivity index (χ2v) is 8.65. The molecule has 0 aliphatic carbocycles. The molecular formula is C21H24BrN5O2S. The highest BCUT2D eigenvalue weighted by Gasteiger charge is 2.19. The number of carbonyl (C=O) groups excluding carboxylic acids is 1. The Bertz CT molecular complexity index is 1020. The maximum Gasteiger partial charge on any atom is 0.236 e. The van der Waals surface area contributed by atoms with Gasteiger partial charge in [0.1, 0.15) is 11.6 Å². The fourth-order valence-corrected chi connectivity index (χ4v) is 3.85. The summed E-state index contributed by atoms with van der Waals surface area (Å²) in [5.41, 5.74) is 2.40. The molecule has 7 nitrogen and oxygen atoms in total. The molecule has 158 valence electrons. The van der Waals surface area contributed by atoms with E-state index in [2.05, 4.69) is 50.3 Å². The lowest BCUT2D eigenvalue weighted by Gasteiger charge is -2.16. The van der Waals surface area contributed by atoms with Crippen molar-refractivity contribution in [1.29, 1.82) is 0 Å². The molecule has 0 saturated heterocycles. The number of amides is 1. The van der Waals surface area contributed by atoms with Crippen LogP contribution in [0.4, 0.5) is 5.82 Å². The predicted octanol–water partition coefficient (Wildman–Crippen LogP) is 4.94. The lowest BCUT2D eigenvalue weighted by atomic mass is 10.1. The van der Waals surface area contributed by atoms with Crippen LogP contribution in [0.2, 0.25) is 0 Å². The van der Waals surface area contributed by atoms with E-state index in [4.69, 9.17) is 4.74 Å². The lowest BCUT2D eigenvalue weighted by Crippen LogP contribution is -2.16. The highest BCUT2D eigenvalue weighted by atomic mass is 79.9. The number of thioether (sulfide) groups is 1. The number of pyridine rings is 1. The van der Waals surface area contributed by atoms with E-state index in [1.54, 1.807) is 12.3 Å². The van der Waals surface area contributed by atoms with Crippen LogP contribution in [-0.2, 0) is 11.3 Å². The number of nitrogens with zero attached hydrogens (tertiary/aromatic N) is 4. The molecule has 0 bridgehead atoms. The molecule has 3 rings (SSSR count). The first-order valence-corrected chi connectivity index (χ1v) is 11.4. The Morgan fingerprint density at radius 1 is 1.23 bits per heavy atom. The molecule has 1 atom stereocenters. The number of carbonyl (C=O) groups is 1. The topological polar surface area (TPSA) is 81.9 Å². The van der Waals surface area contributed by atoms with Crippen LogP contribution in [0.3, 0.4) is 0 Å². The molecule has 9 heteroatoms. The van der Waals surface area contributed by atoms with Crippen LogP contribution < -0.4 is 10.1 Å². The summed E-state index contributed by atoms with van der Waals surface area (Å²) in [5, 5.41) is 12.0. The van der Waals surface area contributed by atoms with E-state index in [-0.39, 0.29) is 17.8 Å². The second kappa shape index (κ2) is 10.1. The second-order valence-electron chi connectivity index (χ2n) is 6.79. The number of aryl methyl sites for hydroxylation is 2. The summed E-state index contributed by atoms with van der Waals surface area (Å²) in [6.07, 6.45) is 1.37. The Kier molecular flexibility index (Phi) is 7.49. The third kappa shape index (κ3) is 5.60. The molecule has 1 amide bonds. The molecule has 30 heavy (non-hydrogen) atoms. The molecular weight excluding hydrogens is 466 g/mol. The first-order valence-electron chi connectivity index (χ1n) is 9.58. The fraction of sp³-hybridized carbons (Fsp3) is 0.333. The van der Waals surface area contributed by atoms with Crippen molar-refractivity contribution < 1.29 is 9.53 Å². The number of rotatable bonds is 8. The van der Waals surface area contributed by atoms with Gasteiger partial charge in [0.15, 0.2) is 17.1 Å². The lowest BCUT2D eigenvalue weighted by molar-refractivity contribution is -0.113. The predicted molar refractivity (Wildman–Crippen MR) is 122 cm³/mol. The van der Waals surface area contributed by atoms with Crippen LogP contribution in [0.5, 0.6) is 5.75 Å². The van der Waals surface area contributed by atoms with Crippen LogP contribution in [-0.4, -0.2) is 31.4 Å². The molecule has 0 spiro atoms. The van der Waals surface area contributed by atoms with Crippen molar-refractivity contribution in [1.82, 2.24) is 19.7 Å². The third-order valence-corrected chi connectivity index (χ3v) is 5.98. The van der Waals surface area contributed by atoms with Crippen molar-refractivity contribution >= 4 is 39.4 Å². The van der Waals surface area contributed by atoms with E-state index in [9.17, 15) is 4.79 Å². The average molecular weight is 490 g/mol. The van der Waals surface area contributed by atoms with Crippen molar-refractivity contribution in [3.63, 3.8) is 0 Å². The highest BCUT2D eigenvalue weighted by molar-refractivity contribution is 9.10. The standard InChI is InChI=1S/C21H24BrN5O2S/c1-5-27-20(15(4)29-17-8-6-13(2)14(3)10-17)25-26-21(27)30-12-19(28)24-18-9-7-16(22)11-23-18/h6-11,15H,5,12H2,1-4H3,(H,23,24,28). The Morgan fingerprint density at radius 3 is 2.70 bits per heavy atom. The normalized spacial score (nSPS) is 11.9. The largest absolute Gasteiger partial charge is 0.483 e. The average Bonchev–Trinajstić information content (AvgIpc) is 3.14. The van der Waals surface area contributed by atoms with E-state index in [0.717, 1.165) is 16.0 Å². The van der Waals surface area contributed by atoms with E-state index in [0.29, 0.717) is 17.5 Å². The Hall–Kier alpha value is -2.39. The smallest absolute Gasteiger partial charge is 0.236 e. The van der Waals surface area contributed by atoms with E-state index in [1.165, 1.54) is 22.9 Å². The summed E-state index contributed by atoms with van der Waals surface area (Å²) in [4.78, 5) is 16.4. The van der Waals surface area contributed by atoms with Gasteiger partial charge in [-0.1, -0.05) is 17.8 Å². The van der Waals surface area contributed by atoms with Gasteiger partial charge in [-0.05, 0) is 79.0 Å². The first kappa shape index (κ1) is 22.3. The molecule has 1 N–H and O–H groups in total. The number of hydrogen-bond acceptors (Lipinski definition) is 6. The van der Waals surface area contributed by atoms with E-state index >= 15 is 0 Å². The van der Waals surface area contributed by atoms with Crippen molar-refractivity contribution in [2.75, 3.05) is 11.1 Å². The number of hydrogen-bond donors (Lipinski definition) is 1. The molecule has 0 saturated carbocycles. The minimum absolute atomic E-state index is 0.151. The minimum Gasteiger partial charge on any atom is -0.483 e. The summed E-state index contributed by atoms with van der Waals surface area (Å²) >= 11 is 4.66. The minimum atomic E-state index is -0.269. The molecule has 3 aromatic rings. The summed E-state index contributed by atoms with van der Waals surface area (Å²) in [7, 11) is 0. The number of aromatic nitrogens is 4. The van der Waals surface area contributed by atoms with Gasteiger partial charge in [0.2, 0.25) is 5.91 Å². The SMILES string of the molecule is CCn1c(SCC(=O)Nc2ccc(Br)cn2)nnc1C(C)Oc1ccc(C)c(C)c1. The molecule has 0 radical (unpaired) electrons. The van der Waals surface area contributed by atoms with Crippen molar-refractivity contribution in [3.05, 3.63) is 58.0 Å². The Balaban J connectivity index is 1.63. The van der Waals surface area contributed by atoms with Crippen molar-refractivity contribution in [2.45, 2.75) is 45.5 Å². The van der Waals surface area contributed by atoms with Gasteiger partial charge in [0, 0.05) is 17.2 Å². The summed E-state index contributed by atoms with van der Waals surface area (Å²) < 4.78 is 8.91. The maximum absolute atomic E-state index is 12.2. The number of ether oxygens (including phenoxy) is 1. The van der Waals surface area contributed by atoms with E-state index in [1.807, 2.05) is 42.7 Å². The van der Waals surface area contributed by atoms with Gasteiger partial charge in [-0.2, -0.15) is 0 Å². The van der Waals surface area contributed by atoms with Gasteiger partial charge in [-0.25, -0.2) is 4.98 Å². The van der Waals surface area contributed by atoms with E-state index < -0.39 is 0 Å². The molecule has 1 unspecified atom stereocenters. The summed E-state index contributed by atoms with van der Waals surface area (Å²) in [5.74, 6) is 2.10.